The molecule has 1 aliphatic heterocycles. The Morgan fingerprint density at radius 2 is 2.12 bits per heavy atom. The molecule has 0 aromatic carbocycles. The van der Waals surface area contributed by atoms with Crippen LogP contribution in [-0.4, -0.2) is 43.0 Å². The molecule has 1 rings (SSSR count). The van der Waals surface area contributed by atoms with Crippen LogP contribution < -0.4 is 5.32 Å². The van der Waals surface area contributed by atoms with Crippen LogP contribution in [0.3, 0.4) is 0 Å². The van der Waals surface area contributed by atoms with Crippen LogP contribution in [0, 0.1) is 0 Å². The molecule has 1 aliphatic rings. The molecule has 1 fully saturated rings. The fourth-order valence-corrected chi connectivity index (χ4v) is 2.12. The van der Waals surface area contributed by atoms with Crippen LogP contribution in [-0.2, 0) is 23.8 Å². The van der Waals surface area contributed by atoms with E-state index in [0.717, 1.165) is 5.57 Å². The van der Waals surface area contributed by atoms with Crippen LogP contribution in [0.15, 0.2) is 36.5 Å². The zero-order valence-corrected chi connectivity index (χ0v) is 14.8. The van der Waals surface area contributed by atoms with E-state index >= 15 is 0 Å². The fraction of sp³-hybridized carbons (Fsp3) is 0.556. The summed E-state index contributed by atoms with van der Waals surface area (Å²) in [4.78, 5) is 22.7. The summed E-state index contributed by atoms with van der Waals surface area (Å²) < 4.78 is 16.3. The van der Waals surface area contributed by atoms with E-state index in [-0.39, 0.29) is 30.3 Å². The van der Waals surface area contributed by atoms with Crippen molar-refractivity contribution in [3.63, 3.8) is 0 Å². The second-order valence-corrected chi connectivity index (χ2v) is 5.78. The minimum Gasteiger partial charge on any atom is -0.459 e. The molecule has 0 saturated carbocycles. The van der Waals surface area contributed by atoms with Gasteiger partial charge in [0, 0.05) is 19.4 Å². The molecule has 1 saturated heterocycles. The Morgan fingerprint density at radius 1 is 1.42 bits per heavy atom. The first kappa shape index (κ1) is 20.1. The van der Waals surface area contributed by atoms with Gasteiger partial charge in [-0.3, -0.25) is 9.59 Å². The lowest BCUT2D eigenvalue weighted by molar-refractivity contribution is -0.217. The van der Waals surface area contributed by atoms with E-state index in [0.29, 0.717) is 13.0 Å². The highest BCUT2D eigenvalue weighted by Gasteiger charge is 2.29. The Bertz CT molecular complexity index is 512. The van der Waals surface area contributed by atoms with Crippen LogP contribution in [0.5, 0.6) is 0 Å². The summed E-state index contributed by atoms with van der Waals surface area (Å²) >= 11 is 0. The molecule has 6 heteroatoms. The second kappa shape index (κ2) is 10.1. The lowest BCUT2D eigenvalue weighted by Gasteiger charge is -2.34. The number of ether oxygens (including phenoxy) is 3. The Kier molecular flexibility index (Phi) is 8.43. The highest BCUT2D eigenvalue weighted by atomic mass is 16.7. The molecule has 4 atom stereocenters. The van der Waals surface area contributed by atoms with Crippen molar-refractivity contribution >= 4 is 11.9 Å². The van der Waals surface area contributed by atoms with Crippen LogP contribution in [0.25, 0.3) is 0 Å². The van der Waals surface area contributed by atoms with E-state index in [4.69, 9.17) is 14.2 Å². The first-order chi connectivity index (χ1) is 11.3. The molecule has 134 valence electrons. The number of nitrogens with one attached hydrogen (secondary N) is 1. The predicted octanol–water partition coefficient (Wildman–Crippen LogP) is 2.26. The third-order valence-electron chi connectivity index (χ3n) is 3.55. The molecule has 0 bridgehead atoms. The number of carbonyl (C=O) groups excluding carboxylic acids is 2. The van der Waals surface area contributed by atoms with Crippen molar-refractivity contribution in [3.05, 3.63) is 36.5 Å². The maximum atomic E-state index is 11.9. The van der Waals surface area contributed by atoms with Gasteiger partial charge in [-0.2, -0.15) is 0 Å². The Morgan fingerprint density at radius 3 is 2.71 bits per heavy atom. The molecule has 24 heavy (non-hydrogen) atoms. The van der Waals surface area contributed by atoms with E-state index in [2.05, 4.69) is 11.9 Å². The van der Waals surface area contributed by atoms with E-state index in [9.17, 15) is 9.59 Å². The van der Waals surface area contributed by atoms with E-state index in [1.165, 1.54) is 19.1 Å². The molecule has 0 spiro atoms. The maximum absolute atomic E-state index is 11.9. The summed E-state index contributed by atoms with van der Waals surface area (Å²) in [7, 11) is 0. The van der Waals surface area contributed by atoms with E-state index in [1.807, 2.05) is 19.9 Å². The first-order valence-electron chi connectivity index (χ1n) is 8.04. The number of hydrogen-bond donors (Lipinski definition) is 1. The molecule has 0 aliphatic carbocycles. The van der Waals surface area contributed by atoms with Crippen molar-refractivity contribution in [2.75, 3.05) is 6.61 Å². The topological polar surface area (TPSA) is 73.9 Å². The number of allylic oxidation sites excluding steroid dienone is 2. The monoisotopic (exact) mass is 337 g/mol. The van der Waals surface area contributed by atoms with Crippen LogP contribution in [0.4, 0.5) is 0 Å². The fourth-order valence-electron chi connectivity index (χ4n) is 2.12. The minimum absolute atomic E-state index is 0.163. The van der Waals surface area contributed by atoms with Gasteiger partial charge in [-0.05, 0) is 26.8 Å². The summed E-state index contributed by atoms with van der Waals surface area (Å²) in [6, 6.07) is -0.230. The second-order valence-electron chi connectivity index (χ2n) is 5.78. The summed E-state index contributed by atoms with van der Waals surface area (Å²) in [6.07, 6.45) is 6.37. The van der Waals surface area contributed by atoms with Gasteiger partial charge in [0.2, 0.25) is 5.91 Å². The number of hydrogen-bond acceptors (Lipinski definition) is 5. The van der Waals surface area contributed by atoms with Gasteiger partial charge < -0.3 is 19.5 Å². The zero-order chi connectivity index (χ0) is 18.1. The number of amides is 1. The van der Waals surface area contributed by atoms with Gasteiger partial charge in [-0.25, -0.2) is 0 Å². The molecule has 0 radical (unpaired) electrons. The Hall–Kier alpha value is -1.92. The normalized spacial score (nSPS) is 26.0. The molecule has 0 aromatic rings. The average Bonchev–Trinajstić information content (AvgIpc) is 2.52. The van der Waals surface area contributed by atoms with Gasteiger partial charge in [0.1, 0.15) is 6.10 Å². The average molecular weight is 337 g/mol. The first-order valence-corrected chi connectivity index (χ1v) is 8.04. The van der Waals surface area contributed by atoms with E-state index in [1.54, 1.807) is 13.0 Å². The number of esters is 1. The molecule has 1 amide bonds. The van der Waals surface area contributed by atoms with Gasteiger partial charge in [0.05, 0.1) is 18.8 Å². The highest BCUT2D eigenvalue weighted by Crippen LogP contribution is 2.16. The summed E-state index contributed by atoms with van der Waals surface area (Å²) in [5.74, 6) is -0.666. The molecule has 0 unspecified atom stereocenters. The van der Waals surface area contributed by atoms with Gasteiger partial charge in [0.15, 0.2) is 6.29 Å². The molecule has 0 aromatic heterocycles. The molecule has 1 N–H and O–H groups in total. The quantitative estimate of drug-likeness (QED) is 0.438. The van der Waals surface area contributed by atoms with Crippen LogP contribution >= 0.6 is 0 Å². The van der Waals surface area contributed by atoms with Crippen LogP contribution in [0.1, 0.15) is 34.1 Å². The third-order valence-corrected chi connectivity index (χ3v) is 3.55. The predicted molar refractivity (Wildman–Crippen MR) is 91.2 cm³/mol. The Balaban J connectivity index is 2.42. The largest absolute Gasteiger partial charge is 0.459 e. The zero-order valence-electron chi connectivity index (χ0n) is 14.8. The van der Waals surface area contributed by atoms with Crippen LogP contribution in [0.2, 0.25) is 0 Å². The van der Waals surface area contributed by atoms with Gasteiger partial charge in [0.25, 0.3) is 0 Å². The molecule has 6 nitrogen and oxygen atoms in total. The van der Waals surface area contributed by atoms with Crippen molar-refractivity contribution < 1.29 is 23.8 Å². The highest BCUT2D eigenvalue weighted by molar-refractivity contribution is 5.87. The molecular formula is C18H27NO5. The van der Waals surface area contributed by atoms with E-state index < -0.39 is 6.10 Å². The lowest BCUT2D eigenvalue weighted by atomic mass is 10.1. The smallest absolute Gasteiger partial charge is 0.303 e. The summed E-state index contributed by atoms with van der Waals surface area (Å²) in [5.41, 5.74) is 1.07. The lowest BCUT2D eigenvalue weighted by Crippen LogP contribution is -2.51. The molecule has 1 heterocycles. The molecular weight excluding hydrogens is 310 g/mol. The SMILES string of the molecule is C=CC(C)=CC[C@H]1OC[C@@H](NC(=O)C=C[C@H](C)OC(C)=O)[C@@H](C)O1. The standard InChI is InChI=1S/C18H27NO5/c1-6-12(2)7-10-18-22-11-16(14(4)24-18)19-17(21)9-8-13(3)23-15(5)20/h6-9,13-14,16,18H,1,10-11H2,2-5H3,(H,19,21)/t13-,14+,16+,18-/m0/s1. The number of rotatable bonds is 7. The Labute approximate surface area is 143 Å². The van der Waals surface area contributed by atoms with Gasteiger partial charge >= 0.3 is 5.97 Å². The van der Waals surface area contributed by atoms with Crippen molar-refractivity contribution in [2.24, 2.45) is 0 Å². The third kappa shape index (κ3) is 7.57. The number of carbonyl (C=O) groups is 2. The van der Waals surface area contributed by atoms with Crippen molar-refractivity contribution in [1.82, 2.24) is 5.32 Å². The minimum atomic E-state index is -0.450. The van der Waals surface area contributed by atoms with Gasteiger partial charge in [-0.1, -0.05) is 24.3 Å². The summed E-state index contributed by atoms with van der Waals surface area (Å²) in [5, 5.41) is 2.83. The van der Waals surface area contributed by atoms with Gasteiger partial charge in [-0.15, -0.1) is 0 Å². The van der Waals surface area contributed by atoms with Crippen molar-refractivity contribution in [2.45, 2.75) is 58.7 Å². The van der Waals surface area contributed by atoms with Crippen molar-refractivity contribution in [1.29, 1.82) is 0 Å². The van der Waals surface area contributed by atoms with Crippen molar-refractivity contribution in [3.8, 4) is 0 Å². The maximum Gasteiger partial charge on any atom is 0.303 e. The summed E-state index contributed by atoms with van der Waals surface area (Å²) in [6.45, 7) is 11.0.